The first-order chi connectivity index (χ1) is 27.5. The topological polar surface area (TPSA) is 51.4 Å². The monoisotopic (exact) mass is 730 g/mol. The Kier molecular flexibility index (Phi) is 12.0. The molecule has 0 fully saturated rings. The second-order valence-corrected chi connectivity index (χ2v) is 13.6. The van der Waals surface area contributed by atoms with E-state index < -0.39 is 5.97 Å². The van der Waals surface area contributed by atoms with Crippen LogP contribution in [-0.2, 0) is 31.0 Å². The number of carbonyl (C=O) groups is 1. The molecule has 0 heterocycles. The molecule has 0 spiro atoms. The fourth-order valence-electron chi connectivity index (χ4n) is 6.78. The maximum Gasteiger partial charge on any atom is 0.333 e. The van der Waals surface area contributed by atoms with Crippen molar-refractivity contribution in [2.24, 2.45) is 0 Å². The molecule has 7 aromatic rings. The molecule has 0 aliphatic carbocycles. The molecule has 0 saturated carbocycles. The van der Waals surface area contributed by atoms with E-state index in [2.05, 4.69) is 165 Å². The van der Waals surface area contributed by atoms with E-state index in [9.17, 15) is 9.90 Å². The SMILES string of the molecule is [C-]#[N+]/C(=C\c1ccc(N(c2ccc(N(Cc3ccccc3)Cc3ccccc3)cc2)c2ccc(N(Cc3ccccc3)Cc3ccccc3)cc2)cc1)C(=O)O. The Morgan fingerprint density at radius 1 is 0.446 bits per heavy atom. The Hall–Kier alpha value is -7.36. The Morgan fingerprint density at radius 2 is 0.732 bits per heavy atom. The average molecular weight is 731 g/mol. The summed E-state index contributed by atoms with van der Waals surface area (Å²) in [4.78, 5) is 21.7. The van der Waals surface area contributed by atoms with Gasteiger partial charge in [0.2, 0.25) is 0 Å². The molecule has 6 heteroatoms. The first-order valence-corrected chi connectivity index (χ1v) is 18.6. The largest absolute Gasteiger partial charge is 0.486 e. The smallest absolute Gasteiger partial charge is 0.333 e. The summed E-state index contributed by atoms with van der Waals surface area (Å²) in [6.45, 7) is 10.3. The molecular formula is C50H42N4O2. The van der Waals surface area contributed by atoms with E-state index >= 15 is 0 Å². The molecule has 0 atom stereocenters. The van der Waals surface area contributed by atoms with Crippen LogP contribution in [0.1, 0.15) is 27.8 Å². The summed E-state index contributed by atoms with van der Waals surface area (Å²) in [5.74, 6) is -1.24. The molecule has 0 unspecified atom stereocenters. The van der Waals surface area contributed by atoms with Crippen molar-refractivity contribution in [2.75, 3.05) is 14.7 Å². The van der Waals surface area contributed by atoms with Crippen LogP contribution in [0, 0.1) is 6.57 Å². The third kappa shape index (κ3) is 9.59. The highest BCUT2D eigenvalue weighted by Gasteiger charge is 2.17. The Bertz CT molecular complexity index is 2160. The number of aliphatic carboxylic acids is 1. The zero-order chi connectivity index (χ0) is 38.5. The van der Waals surface area contributed by atoms with Gasteiger partial charge in [0.25, 0.3) is 5.70 Å². The highest BCUT2D eigenvalue weighted by Crippen LogP contribution is 2.37. The number of rotatable bonds is 15. The summed E-state index contributed by atoms with van der Waals surface area (Å²) in [5, 5.41) is 9.43. The molecule has 274 valence electrons. The van der Waals surface area contributed by atoms with Crippen molar-refractivity contribution in [1.29, 1.82) is 0 Å². The zero-order valence-corrected chi connectivity index (χ0v) is 31.0. The molecule has 0 aromatic heterocycles. The number of benzene rings is 7. The van der Waals surface area contributed by atoms with Crippen LogP contribution in [0.15, 0.2) is 200 Å². The molecule has 56 heavy (non-hydrogen) atoms. The van der Waals surface area contributed by atoms with Crippen LogP contribution in [0.3, 0.4) is 0 Å². The van der Waals surface area contributed by atoms with Crippen molar-refractivity contribution < 1.29 is 9.90 Å². The summed E-state index contributed by atoms with van der Waals surface area (Å²) in [6.07, 6.45) is 1.40. The van der Waals surface area contributed by atoms with Gasteiger partial charge >= 0.3 is 5.97 Å². The minimum atomic E-state index is -1.24. The van der Waals surface area contributed by atoms with Crippen LogP contribution in [-0.4, -0.2) is 11.1 Å². The van der Waals surface area contributed by atoms with Gasteiger partial charge in [-0.3, -0.25) is 4.79 Å². The van der Waals surface area contributed by atoms with Crippen molar-refractivity contribution >= 4 is 40.5 Å². The molecule has 6 nitrogen and oxygen atoms in total. The third-order valence-electron chi connectivity index (χ3n) is 9.61. The van der Waals surface area contributed by atoms with Gasteiger partial charge in [-0.05, 0) is 94.6 Å². The number of anilines is 5. The van der Waals surface area contributed by atoms with Crippen molar-refractivity contribution in [2.45, 2.75) is 26.2 Å². The third-order valence-corrected chi connectivity index (χ3v) is 9.61. The van der Waals surface area contributed by atoms with Crippen LogP contribution >= 0.6 is 0 Å². The molecule has 0 amide bonds. The van der Waals surface area contributed by atoms with E-state index in [4.69, 9.17) is 6.57 Å². The van der Waals surface area contributed by atoms with E-state index in [0.29, 0.717) is 5.56 Å². The first kappa shape index (κ1) is 37.0. The Morgan fingerprint density at radius 3 is 1.02 bits per heavy atom. The molecule has 0 aliphatic rings. The lowest BCUT2D eigenvalue weighted by Gasteiger charge is -2.29. The van der Waals surface area contributed by atoms with Gasteiger partial charge in [0.15, 0.2) is 0 Å². The van der Waals surface area contributed by atoms with Crippen LogP contribution in [0.25, 0.3) is 10.9 Å². The van der Waals surface area contributed by atoms with E-state index in [-0.39, 0.29) is 5.70 Å². The fourth-order valence-corrected chi connectivity index (χ4v) is 6.78. The van der Waals surface area contributed by atoms with Crippen molar-refractivity contribution in [3.05, 3.63) is 239 Å². The summed E-state index contributed by atoms with van der Waals surface area (Å²) in [6, 6.07) is 67.0. The molecule has 7 aromatic carbocycles. The number of hydrogen-bond acceptors (Lipinski definition) is 4. The lowest BCUT2D eigenvalue weighted by molar-refractivity contribution is -0.132. The minimum Gasteiger partial charge on any atom is -0.486 e. The average Bonchev–Trinajstić information content (AvgIpc) is 3.25. The number of carboxylic acid groups (broad SMARTS) is 1. The standard InChI is InChI=1S/C50H42N4O2/c1-51-49(50(55)56)34-39-22-24-46(25-23-39)54(47-30-26-44(27-31-47)52(35-40-14-6-2-7-15-40)36-41-16-8-3-9-17-41)48-32-28-45(29-33-48)53(37-42-18-10-4-11-19-42)38-43-20-12-5-13-21-43/h2-34H,35-38H2,(H,55,56)/b49-34-. The van der Waals surface area contributed by atoms with Crippen LogP contribution < -0.4 is 14.7 Å². The van der Waals surface area contributed by atoms with E-state index in [0.717, 1.165) is 54.6 Å². The molecule has 0 aliphatic heterocycles. The minimum absolute atomic E-state index is 0.327. The van der Waals surface area contributed by atoms with Gasteiger partial charge < -0.3 is 19.8 Å². The Balaban J connectivity index is 1.24. The molecular weight excluding hydrogens is 689 g/mol. The highest BCUT2D eigenvalue weighted by molar-refractivity contribution is 5.94. The highest BCUT2D eigenvalue weighted by atomic mass is 16.4. The molecule has 7 rings (SSSR count). The predicted octanol–water partition coefficient (Wildman–Crippen LogP) is 11.9. The zero-order valence-electron chi connectivity index (χ0n) is 31.0. The van der Waals surface area contributed by atoms with E-state index in [1.165, 1.54) is 28.3 Å². The van der Waals surface area contributed by atoms with Gasteiger partial charge in [-0.2, -0.15) is 0 Å². The van der Waals surface area contributed by atoms with Gasteiger partial charge in [-0.15, -0.1) is 0 Å². The summed E-state index contributed by atoms with van der Waals surface area (Å²) in [5.41, 5.74) is 10.3. The lowest BCUT2D eigenvalue weighted by Crippen LogP contribution is -2.22. The Labute approximate surface area is 329 Å². The molecule has 1 N–H and O–H groups in total. The van der Waals surface area contributed by atoms with Gasteiger partial charge in [-0.25, -0.2) is 4.85 Å². The van der Waals surface area contributed by atoms with Crippen molar-refractivity contribution in [3.63, 3.8) is 0 Å². The second kappa shape index (κ2) is 18.1. The van der Waals surface area contributed by atoms with Crippen molar-refractivity contribution in [1.82, 2.24) is 0 Å². The molecule has 0 bridgehead atoms. The lowest BCUT2D eigenvalue weighted by atomic mass is 10.1. The summed E-state index contributed by atoms with van der Waals surface area (Å²) < 4.78 is 0. The van der Waals surface area contributed by atoms with E-state index in [1.807, 2.05) is 48.5 Å². The van der Waals surface area contributed by atoms with Crippen molar-refractivity contribution in [3.8, 4) is 0 Å². The van der Waals surface area contributed by atoms with Crippen LogP contribution in [0.4, 0.5) is 28.4 Å². The van der Waals surface area contributed by atoms with Crippen LogP contribution in [0.2, 0.25) is 0 Å². The first-order valence-electron chi connectivity index (χ1n) is 18.6. The fraction of sp³-hybridized carbons (Fsp3) is 0.0800. The predicted molar refractivity (Wildman–Crippen MR) is 229 cm³/mol. The number of hydrogen-bond donors (Lipinski definition) is 1. The quantitative estimate of drug-likeness (QED) is 0.0841. The summed E-state index contributed by atoms with van der Waals surface area (Å²) >= 11 is 0. The number of carboxylic acids is 1. The molecule has 0 saturated heterocycles. The second-order valence-electron chi connectivity index (χ2n) is 13.6. The van der Waals surface area contributed by atoms with Gasteiger partial charge in [0, 0.05) is 54.6 Å². The summed E-state index contributed by atoms with van der Waals surface area (Å²) in [7, 11) is 0. The van der Waals surface area contributed by atoms with Gasteiger partial charge in [-0.1, -0.05) is 133 Å². The van der Waals surface area contributed by atoms with E-state index in [1.54, 1.807) is 0 Å². The van der Waals surface area contributed by atoms with Crippen LogP contribution in [0.5, 0.6) is 0 Å². The molecule has 0 radical (unpaired) electrons. The maximum absolute atomic E-state index is 11.5. The van der Waals surface area contributed by atoms with Gasteiger partial charge in [0.1, 0.15) is 0 Å². The maximum atomic E-state index is 11.5. The number of nitrogens with zero attached hydrogens (tertiary/aromatic N) is 4. The van der Waals surface area contributed by atoms with Gasteiger partial charge in [0.05, 0.1) is 6.57 Å². The normalized spacial score (nSPS) is 11.0.